The quantitative estimate of drug-likeness (QED) is 0.361. The molecule has 0 radical (unpaired) electrons. The number of carbonyl (C=O) groups excluding carboxylic acids is 2. The van der Waals surface area contributed by atoms with Crippen molar-refractivity contribution in [2.24, 2.45) is 5.34 Å². The highest BCUT2D eigenvalue weighted by Gasteiger charge is 2.40. The van der Waals surface area contributed by atoms with Crippen LogP contribution in [0.5, 0.6) is 5.75 Å². The van der Waals surface area contributed by atoms with Crippen molar-refractivity contribution in [3.63, 3.8) is 0 Å². The zero-order chi connectivity index (χ0) is 24.5. The number of rotatable bonds is 6. The van der Waals surface area contributed by atoms with Gasteiger partial charge in [0.2, 0.25) is 0 Å². The molecule has 0 spiro atoms. The van der Waals surface area contributed by atoms with Crippen molar-refractivity contribution >= 4 is 40.9 Å². The van der Waals surface area contributed by atoms with Crippen molar-refractivity contribution in [2.75, 3.05) is 39.2 Å². The Morgan fingerprint density at radius 3 is 2.42 bits per heavy atom. The molecule has 2 aromatic carbocycles. The number of carbonyl (C=O) groups is 2. The van der Waals surface area contributed by atoms with Crippen LogP contribution >= 0.6 is 23.4 Å². The third-order valence-corrected chi connectivity index (χ3v) is 6.35. The van der Waals surface area contributed by atoms with Gasteiger partial charge in [0.1, 0.15) is 5.75 Å². The summed E-state index contributed by atoms with van der Waals surface area (Å²) in [4.78, 5) is 38.2. The standard InChI is InChI=1S/C22H25ClN2O4S.HNO2/c1-14(26)29-20-21(15-5-8-17(28-4)9-6-15)30-19-13-16(23)7-10-18(19)25(22(20)27)12-11-24(2)3;2-1-3/h5-10,13,20-21H,11-12H2,1-4H3;(H,2,3)/t20-,21+;/m1./s1. The molecule has 0 aromatic heterocycles. The van der Waals surface area contributed by atoms with E-state index in [-0.39, 0.29) is 5.91 Å². The van der Waals surface area contributed by atoms with Crippen LogP contribution in [0.3, 0.4) is 0 Å². The van der Waals surface area contributed by atoms with Gasteiger partial charge in [-0.05, 0) is 50.0 Å². The minimum atomic E-state index is -0.964. The highest BCUT2D eigenvalue weighted by molar-refractivity contribution is 7.99. The largest absolute Gasteiger partial charge is 0.497 e. The van der Waals surface area contributed by atoms with Crippen LogP contribution in [0.2, 0.25) is 5.02 Å². The molecule has 1 aliphatic heterocycles. The number of esters is 1. The first-order valence-corrected chi connectivity index (χ1v) is 11.2. The van der Waals surface area contributed by atoms with E-state index in [1.54, 1.807) is 18.1 Å². The molecule has 0 bridgehead atoms. The van der Waals surface area contributed by atoms with E-state index >= 15 is 0 Å². The molecule has 3 rings (SSSR count). The average Bonchev–Trinajstić information content (AvgIpc) is 2.87. The molecular formula is C22H26ClN3O6S. The summed E-state index contributed by atoms with van der Waals surface area (Å²) in [7, 11) is 5.49. The predicted molar refractivity (Wildman–Crippen MR) is 127 cm³/mol. The molecule has 1 heterocycles. The van der Waals surface area contributed by atoms with Crippen LogP contribution in [0, 0.1) is 4.91 Å². The van der Waals surface area contributed by atoms with Gasteiger partial charge < -0.3 is 24.5 Å². The van der Waals surface area contributed by atoms with Crippen molar-refractivity contribution in [3.8, 4) is 5.75 Å². The van der Waals surface area contributed by atoms with Crippen molar-refractivity contribution in [1.29, 1.82) is 0 Å². The lowest BCUT2D eigenvalue weighted by atomic mass is 10.1. The lowest BCUT2D eigenvalue weighted by molar-refractivity contribution is -0.152. The first-order valence-electron chi connectivity index (χ1n) is 9.92. The topological polar surface area (TPSA) is 109 Å². The summed E-state index contributed by atoms with van der Waals surface area (Å²) in [6, 6.07) is 12.9. The number of ether oxygens (including phenoxy) is 2. The first-order chi connectivity index (χ1) is 15.7. The smallest absolute Gasteiger partial charge is 0.303 e. The number of hydrogen-bond donors (Lipinski definition) is 1. The molecule has 2 atom stereocenters. The van der Waals surface area contributed by atoms with E-state index in [1.807, 2.05) is 55.4 Å². The van der Waals surface area contributed by atoms with E-state index in [4.69, 9.17) is 31.2 Å². The fourth-order valence-corrected chi connectivity index (χ4v) is 4.86. The van der Waals surface area contributed by atoms with Crippen LogP contribution in [-0.4, -0.2) is 62.4 Å². The fourth-order valence-electron chi connectivity index (χ4n) is 3.26. The Hall–Kier alpha value is -2.82. The number of nitrogens with zero attached hydrogens (tertiary/aromatic N) is 3. The Kier molecular flexibility index (Phi) is 9.95. The second-order valence-electron chi connectivity index (χ2n) is 7.33. The van der Waals surface area contributed by atoms with Crippen molar-refractivity contribution in [2.45, 2.75) is 23.2 Å². The number of anilines is 1. The number of likely N-dealkylation sites (N-methyl/N-ethyl adjacent to an activating group) is 1. The minimum absolute atomic E-state index is 0.249. The fraction of sp³-hybridized carbons (Fsp3) is 0.364. The molecule has 9 nitrogen and oxygen atoms in total. The maximum Gasteiger partial charge on any atom is 0.303 e. The maximum absolute atomic E-state index is 13.6. The first kappa shape index (κ1) is 26.4. The van der Waals surface area contributed by atoms with Crippen LogP contribution in [0.25, 0.3) is 0 Å². The highest BCUT2D eigenvalue weighted by Crippen LogP contribution is 2.47. The van der Waals surface area contributed by atoms with Crippen LogP contribution in [-0.2, 0) is 14.3 Å². The normalized spacial score (nSPS) is 17.4. The molecule has 0 saturated carbocycles. The molecule has 33 heavy (non-hydrogen) atoms. The minimum Gasteiger partial charge on any atom is -0.497 e. The molecule has 2 aromatic rings. The van der Waals surface area contributed by atoms with Gasteiger partial charge in [0.05, 0.1) is 18.0 Å². The van der Waals surface area contributed by atoms with Gasteiger partial charge in [-0.2, -0.15) is 0 Å². The van der Waals surface area contributed by atoms with Crippen LogP contribution < -0.4 is 9.64 Å². The molecule has 0 unspecified atom stereocenters. The Bertz CT molecular complexity index is 973. The summed E-state index contributed by atoms with van der Waals surface area (Å²) >= 11 is 7.74. The van der Waals surface area contributed by atoms with Crippen LogP contribution in [0.4, 0.5) is 5.69 Å². The maximum atomic E-state index is 13.6. The summed E-state index contributed by atoms with van der Waals surface area (Å²) < 4.78 is 10.8. The van der Waals surface area contributed by atoms with Gasteiger partial charge in [-0.25, -0.2) is 0 Å². The second-order valence-corrected chi connectivity index (χ2v) is 8.95. The third kappa shape index (κ3) is 7.08. The van der Waals surface area contributed by atoms with Gasteiger partial charge in [-0.1, -0.05) is 23.7 Å². The van der Waals surface area contributed by atoms with E-state index < -0.39 is 17.3 Å². The zero-order valence-corrected chi connectivity index (χ0v) is 20.3. The van der Waals surface area contributed by atoms with Gasteiger partial charge in [0.25, 0.3) is 5.91 Å². The summed E-state index contributed by atoms with van der Waals surface area (Å²) in [5.41, 5.74) is 1.63. The Morgan fingerprint density at radius 2 is 1.88 bits per heavy atom. The van der Waals surface area contributed by atoms with E-state index in [9.17, 15) is 9.59 Å². The van der Waals surface area contributed by atoms with E-state index in [2.05, 4.69) is 0 Å². The number of methoxy groups -OCH3 is 1. The molecule has 11 heteroatoms. The second kappa shape index (κ2) is 12.4. The van der Waals surface area contributed by atoms with E-state index in [1.165, 1.54) is 24.0 Å². The summed E-state index contributed by atoms with van der Waals surface area (Å²) in [5.74, 6) is -0.0331. The molecule has 0 fully saturated rings. The Balaban J connectivity index is 0.00000122. The highest BCUT2D eigenvalue weighted by atomic mass is 35.5. The Labute approximate surface area is 201 Å². The summed E-state index contributed by atoms with van der Waals surface area (Å²) in [6.07, 6.45) is -0.964. The molecule has 1 amide bonds. The predicted octanol–water partition coefficient (Wildman–Crippen LogP) is 4.16. The lowest BCUT2D eigenvalue weighted by Crippen LogP contribution is -2.45. The van der Waals surface area contributed by atoms with Crippen LogP contribution in [0.1, 0.15) is 17.7 Å². The Morgan fingerprint density at radius 1 is 1.24 bits per heavy atom. The van der Waals surface area contributed by atoms with Crippen molar-refractivity contribution in [3.05, 3.63) is 58.0 Å². The molecule has 1 aliphatic rings. The third-order valence-electron chi connectivity index (χ3n) is 4.76. The number of amides is 1. The van der Waals surface area contributed by atoms with Crippen LogP contribution in [0.15, 0.2) is 52.7 Å². The van der Waals surface area contributed by atoms with Gasteiger partial charge in [-0.3, -0.25) is 9.59 Å². The lowest BCUT2D eigenvalue weighted by Gasteiger charge is -2.28. The zero-order valence-electron chi connectivity index (χ0n) is 18.7. The molecule has 178 valence electrons. The van der Waals surface area contributed by atoms with Gasteiger partial charge in [-0.15, -0.1) is 16.7 Å². The molecule has 1 N–H and O–H groups in total. The van der Waals surface area contributed by atoms with Gasteiger partial charge >= 0.3 is 5.97 Å². The summed E-state index contributed by atoms with van der Waals surface area (Å²) in [6.45, 7) is 2.45. The number of hydrogen-bond acceptors (Lipinski definition) is 8. The van der Waals surface area contributed by atoms with Crippen molar-refractivity contribution in [1.82, 2.24) is 4.90 Å². The number of halogens is 1. The molecular weight excluding hydrogens is 470 g/mol. The van der Waals surface area contributed by atoms with E-state index in [0.717, 1.165) is 16.1 Å². The number of benzene rings is 2. The summed E-state index contributed by atoms with van der Waals surface area (Å²) in [5, 5.41) is 8.05. The average molecular weight is 496 g/mol. The van der Waals surface area contributed by atoms with Gasteiger partial charge in [0, 0.05) is 29.9 Å². The molecule has 0 saturated heterocycles. The number of fused-ring (bicyclic) bond motifs is 1. The van der Waals surface area contributed by atoms with E-state index in [0.29, 0.717) is 23.9 Å². The molecule has 0 aliphatic carbocycles. The number of thioether (sulfide) groups is 1. The van der Waals surface area contributed by atoms with Gasteiger partial charge in [0.15, 0.2) is 11.4 Å². The van der Waals surface area contributed by atoms with Crippen molar-refractivity contribution < 1.29 is 24.3 Å². The monoisotopic (exact) mass is 495 g/mol. The SMILES string of the molecule is COc1ccc([C@@H]2Sc3cc(Cl)ccc3N(CCN(C)C)C(=O)[C@@H]2OC(C)=O)cc1.O=NO.